The van der Waals surface area contributed by atoms with Gasteiger partial charge in [-0.1, -0.05) is 30.3 Å². The zero-order valence-electron chi connectivity index (χ0n) is 39.9. The smallest absolute Gasteiger partial charge is 0.394 e. The molecule has 0 fully saturated rings. The molecule has 72 heavy (non-hydrogen) atoms. The van der Waals surface area contributed by atoms with E-state index in [0.29, 0.717) is 41.5 Å². The largest absolute Gasteiger partial charge is 0.508 e. The topological polar surface area (TPSA) is 427 Å². The fourth-order valence-corrected chi connectivity index (χ4v) is 4.63. The average molecular weight is 1020 g/mol. The molecule has 0 aliphatic heterocycles. The minimum Gasteiger partial charge on any atom is -0.508 e. The lowest BCUT2D eigenvalue weighted by Crippen LogP contribution is -2.05. The standard InChI is InChI=1S/C9H14N2O2.C9H13NO2.C7H9NO.C7H8O2.C6H7NO.C6H6O2.C5H6N2O.H2O4S/c1-13-9-3-2-7(6-8(9)10)11-4-5-12;1-7-2-3-8(6-9(7)12)10-4-5-11;1-5-2-3-6(8)4-7(5)9;1-5-6(8)3-2-4-7(5)9;2*7-5-2-1-3-6(8)4-5;6-5-4(8)2-1-3-7-5;1-5(2,3)4/h2-3,6,11-12H,4-5,10H2,1H3;2-3,6,10-12H,4-5H2,1H3;2-4,9H,8H2,1H3;2-4,8-9H,1H3;1-4,8H,7H2;1-4,7-8H;1-3,8H,(H2,6,7);(H2,1,2,3,4). The maximum atomic E-state index is 9.30. The highest BCUT2D eigenvalue weighted by molar-refractivity contribution is 7.79. The first-order valence-corrected chi connectivity index (χ1v) is 22.3. The number of anilines is 6. The summed E-state index contributed by atoms with van der Waals surface area (Å²) in [6.07, 6.45) is 1.52. The van der Waals surface area contributed by atoms with Crippen molar-refractivity contribution in [3.05, 3.63) is 156 Å². The van der Waals surface area contributed by atoms with Gasteiger partial charge in [0, 0.05) is 71.9 Å². The van der Waals surface area contributed by atoms with Gasteiger partial charge in [-0.2, -0.15) is 8.42 Å². The summed E-state index contributed by atoms with van der Waals surface area (Å²) in [4.78, 5) is 3.61. The van der Waals surface area contributed by atoms with Gasteiger partial charge in [-0.25, -0.2) is 4.98 Å². The van der Waals surface area contributed by atoms with Gasteiger partial charge >= 0.3 is 10.4 Å². The minimum absolute atomic E-state index is 0.0347. The second-order valence-electron chi connectivity index (χ2n) is 14.2. The van der Waals surface area contributed by atoms with E-state index < -0.39 is 10.4 Å². The molecule has 0 bridgehead atoms. The van der Waals surface area contributed by atoms with Gasteiger partial charge in [0.15, 0.2) is 11.6 Å². The maximum Gasteiger partial charge on any atom is 0.394 e. The van der Waals surface area contributed by atoms with Crippen molar-refractivity contribution in [2.75, 3.05) is 67.0 Å². The number of nitrogens with one attached hydrogen (secondary N) is 2. The van der Waals surface area contributed by atoms with E-state index in [2.05, 4.69) is 15.6 Å². The molecular formula is C49H65N7O15S. The molecule has 22 nitrogen and oxygen atoms in total. The number of hydrogen-bond acceptors (Lipinski definition) is 20. The number of nitrogens with two attached hydrogens (primary N) is 4. The average Bonchev–Trinajstić information content (AvgIpc) is 3.31. The number of methoxy groups -OCH3 is 1. The van der Waals surface area contributed by atoms with Crippen LogP contribution in [-0.2, 0) is 10.4 Å². The molecule has 22 N–H and O–H groups in total. The molecule has 0 spiro atoms. The number of ether oxygens (including phenoxy) is 1. The number of nitrogen functional groups attached to an aromatic ring is 4. The number of phenols is 7. The molecule has 7 rings (SSSR count). The number of benzene rings is 6. The number of aromatic nitrogens is 1. The van der Waals surface area contributed by atoms with Crippen LogP contribution in [0.15, 0.2) is 140 Å². The van der Waals surface area contributed by atoms with Gasteiger partial charge in [-0.05, 0) is 111 Å². The summed E-state index contributed by atoms with van der Waals surface area (Å²) in [5, 5.41) is 94.0. The molecule has 1 aromatic heterocycles. The summed E-state index contributed by atoms with van der Waals surface area (Å²) in [6, 6.07) is 36.0. The molecule has 0 saturated carbocycles. The van der Waals surface area contributed by atoms with E-state index in [1.165, 1.54) is 54.7 Å². The van der Waals surface area contributed by atoms with Crippen LogP contribution in [0.25, 0.3) is 0 Å². The minimum atomic E-state index is -4.67. The molecule has 0 amide bonds. The summed E-state index contributed by atoms with van der Waals surface area (Å²) in [7, 11) is -3.09. The van der Waals surface area contributed by atoms with Crippen molar-refractivity contribution in [1.82, 2.24) is 4.98 Å². The lowest BCUT2D eigenvalue weighted by molar-refractivity contribution is 0.310. The zero-order chi connectivity index (χ0) is 54.8. The highest BCUT2D eigenvalue weighted by atomic mass is 32.3. The van der Waals surface area contributed by atoms with Crippen molar-refractivity contribution in [3.63, 3.8) is 0 Å². The summed E-state index contributed by atoms with van der Waals surface area (Å²) in [6.45, 7) is 6.54. The lowest BCUT2D eigenvalue weighted by Gasteiger charge is -2.08. The molecule has 392 valence electrons. The lowest BCUT2D eigenvalue weighted by atomic mass is 10.2. The van der Waals surface area contributed by atoms with Gasteiger partial charge in [0.2, 0.25) is 0 Å². The molecule has 0 saturated heterocycles. The second kappa shape index (κ2) is 34.5. The van der Waals surface area contributed by atoms with Crippen molar-refractivity contribution in [2.45, 2.75) is 20.8 Å². The first-order valence-electron chi connectivity index (χ1n) is 20.9. The highest BCUT2D eigenvalue weighted by Crippen LogP contribution is 2.25. The number of rotatable bonds is 7. The Morgan fingerprint density at radius 1 is 0.514 bits per heavy atom. The Bertz CT molecular complexity index is 2630. The molecule has 6 aromatic carbocycles. The molecule has 7 aromatic rings. The van der Waals surface area contributed by atoms with Crippen LogP contribution in [0.4, 0.5) is 34.3 Å². The Labute approximate surface area is 417 Å². The van der Waals surface area contributed by atoms with E-state index in [1.807, 2.05) is 32.0 Å². The van der Waals surface area contributed by atoms with Crippen LogP contribution < -0.4 is 38.3 Å². The molecular weight excluding hydrogens is 959 g/mol. The van der Waals surface area contributed by atoms with E-state index in [1.54, 1.807) is 80.8 Å². The summed E-state index contributed by atoms with van der Waals surface area (Å²) < 4.78 is 36.6. The van der Waals surface area contributed by atoms with Gasteiger partial charge in [-0.15, -0.1) is 0 Å². The summed E-state index contributed by atoms with van der Waals surface area (Å²) >= 11 is 0. The normalized spacial score (nSPS) is 9.56. The Morgan fingerprint density at radius 3 is 1.29 bits per heavy atom. The van der Waals surface area contributed by atoms with Crippen LogP contribution in [0.3, 0.4) is 0 Å². The molecule has 0 radical (unpaired) electrons. The maximum absolute atomic E-state index is 9.30. The number of phenolic OH excluding ortho intramolecular Hbond substituents is 7. The Morgan fingerprint density at radius 2 is 0.944 bits per heavy atom. The van der Waals surface area contributed by atoms with Gasteiger partial charge < -0.3 is 89.4 Å². The number of aliphatic hydroxyl groups is 2. The van der Waals surface area contributed by atoms with Crippen molar-refractivity contribution in [1.29, 1.82) is 0 Å². The third-order valence-corrected chi connectivity index (χ3v) is 8.35. The third-order valence-electron chi connectivity index (χ3n) is 8.35. The second-order valence-corrected chi connectivity index (χ2v) is 15.1. The monoisotopic (exact) mass is 1020 g/mol. The Hall–Kier alpha value is -8.74. The van der Waals surface area contributed by atoms with Crippen molar-refractivity contribution < 1.29 is 73.3 Å². The van der Waals surface area contributed by atoms with Gasteiger partial charge in [0.1, 0.15) is 46.0 Å². The number of nitrogens with zero attached hydrogens (tertiary/aromatic N) is 1. The molecule has 0 unspecified atom stereocenters. The molecule has 1 heterocycles. The quantitative estimate of drug-likeness (QED) is 0.0618. The predicted molar refractivity (Wildman–Crippen MR) is 280 cm³/mol. The first kappa shape index (κ1) is 63.3. The van der Waals surface area contributed by atoms with E-state index in [0.717, 1.165) is 22.5 Å². The van der Waals surface area contributed by atoms with Crippen LogP contribution >= 0.6 is 0 Å². The van der Waals surface area contributed by atoms with Crippen molar-refractivity contribution in [2.24, 2.45) is 0 Å². The van der Waals surface area contributed by atoms with Gasteiger partial charge in [0.25, 0.3) is 0 Å². The number of aromatic hydroxyl groups is 8. The number of aryl methyl sites for hydroxylation is 2. The SMILES string of the molecule is COc1ccc(NCCO)cc1N.Cc1c(O)cccc1O.Cc1ccc(N)cc1O.Cc1ccc(NCCO)cc1O.Nc1cccc(O)c1.Nc1ncccc1O.O=S(=O)(O)O.Oc1cccc(O)c1. The number of pyridine rings is 1. The predicted octanol–water partition coefficient (Wildman–Crippen LogP) is 6.26. The van der Waals surface area contributed by atoms with Crippen LogP contribution in [0.2, 0.25) is 0 Å². The molecule has 0 aliphatic rings. The highest BCUT2D eigenvalue weighted by Gasteiger charge is 2.00. The van der Waals surface area contributed by atoms with Crippen molar-refractivity contribution in [3.8, 4) is 51.7 Å². The molecule has 23 heteroatoms. The van der Waals surface area contributed by atoms with Gasteiger partial charge in [-0.3, -0.25) is 9.11 Å². The van der Waals surface area contributed by atoms with E-state index >= 15 is 0 Å². The van der Waals surface area contributed by atoms with E-state index in [9.17, 15) is 5.11 Å². The zero-order valence-corrected chi connectivity index (χ0v) is 40.7. The third kappa shape index (κ3) is 30.6. The fraction of sp³-hybridized carbons (Fsp3) is 0.163. The Kier molecular flexibility index (Phi) is 30.3. The first-order chi connectivity index (χ1) is 33.8. The number of hydrogen-bond donors (Lipinski definition) is 18. The summed E-state index contributed by atoms with van der Waals surface area (Å²) in [5.74, 6) is 2.06. The molecule has 0 atom stereocenters. The molecule has 0 aliphatic carbocycles. The van der Waals surface area contributed by atoms with Gasteiger partial charge in [0.05, 0.1) is 26.0 Å². The summed E-state index contributed by atoms with van der Waals surface area (Å²) in [5.41, 5.74) is 27.2. The number of aliphatic hydroxyl groups excluding tert-OH is 2. The van der Waals surface area contributed by atoms with Crippen LogP contribution in [-0.4, -0.2) is 107 Å². The van der Waals surface area contributed by atoms with E-state index in [-0.39, 0.29) is 65.0 Å². The van der Waals surface area contributed by atoms with Crippen LogP contribution in [0.5, 0.6) is 51.7 Å². The fourth-order valence-electron chi connectivity index (χ4n) is 4.63. The van der Waals surface area contributed by atoms with Crippen molar-refractivity contribution >= 4 is 44.7 Å². The van der Waals surface area contributed by atoms with E-state index in [4.69, 9.17) is 91.2 Å². The van der Waals surface area contributed by atoms with Crippen LogP contribution in [0, 0.1) is 20.8 Å². The Balaban J connectivity index is 0.000000810. The van der Waals surface area contributed by atoms with Crippen LogP contribution in [0.1, 0.15) is 16.7 Å².